The molecule has 0 bridgehead atoms. The number of hydrogen-bond acceptors (Lipinski definition) is 1. The molecule has 2 rings (SSSR count). The first-order chi connectivity index (χ1) is 10.3. The van der Waals surface area contributed by atoms with Gasteiger partial charge in [0, 0.05) is 24.2 Å². The summed E-state index contributed by atoms with van der Waals surface area (Å²) < 4.78 is 41.2. The van der Waals surface area contributed by atoms with Gasteiger partial charge >= 0.3 is 0 Å². The molecule has 0 spiro atoms. The third-order valence-corrected chi connectivity index (χ3v) is 3.74. The SMILES string of the molecule is C/C=C(/Cl)c1ncc(-c2cccc(C(C)(F)F)c2F)cc1C. The average Bonchev–Trinajstić information content (AvgIpc) is 2.45. The first kappa shape index (κ1) is 16.6. The number of aromatic nitrogens is 1. The third kappa shape index (κ3) is 3.17. The van der Waals surface area contributed by atoms with Crippen molar-refractivity contribution in [2.75, 3.05) is 0 Å². The molecule has 0 saturated heterocycles. The van der Waals surface area contributed by atoms with Crippen LogP contribution in [0.3, 0.4) is 0 Å². The Hall–Kier alpha value is -1.81. The van der Waals surface area contributed by atoms with Gasteiger partial charge in [-0.15, -0.1) is 0 Å². The maximum absolute atomic E-state index is 14.4. The lowest BCUT2D eigenvalue weighted by Crippen LogP contribution is -2.10. The molecule has 0 N–H and O–H groups in total. The number of aryl methyl sites for hydroxylation is 1. The zero-order valence-electron chi connectivity index (χ0n) is 12.4. The van der Waals surface area contributed by atoms with Gasteiger partial charge in [0.15, 0.2) is 0 Å². The van der Waals surface area contributed by atoms with Gasteiger partial charge in [0.2, 0.25) is 0 Å². The van der Waals surface area contributed by atoms with Gasteiger partial charge in [-0.3, -0.25) is 4.98 Å². The van der Waals surface area contributed by atoms with E-state index >= 15 is 0 Å². The topological polar surface area (TPSA) is 12.9 Å². The van der Waals surface area contributed by atoms with E-state index in [9.17, 15) is 13.2 Å². The number of nitrogens with zero attached hydrogens (tertiary/aromatic N) is 1. The van der Waals surface area contributed by atoms with Crippen molar-refractivity contribution in [2.24, 2.45) is 0 Å². The van der Waals surface area contributed by atoms with Crippen LogP contribution in [-0.2, 0) is 5.92 Å². The number of benzene rings is 1. The van der Waals surface area contributed by atoms with Crippen LogP contribution in [0.1, 0.15) is 30.7 Å². The molecule has 22 heavy (non-hydrogen) atoms. The van der Waals surface area contributed by atoms with Gasteiger partial charge < -0.3 is 0 Å². The summed E-state index contributed by atoms with van der Waals surface area (Å²) in [5.41, 5.74) is 1.24. The van der Waals surface area contributed by atoms with Crippen molar-refractivity contribution in [3.8, 4) is 11.1 Å². The lowest BCUT2D eigenvalue weighted by molar-refractivity contribution is 0.0138. The number of pyridine rings is 1. The summed E-state index contributed by atoms with van der Waals surface area (Å²) in [7, 11) is 0. The number of hydrogen-bond donors (Lipinski definition) is 0. The predicted molar refractivity (Wildman–Crippen MR) is 83.4 cm³/mol. The van der Waals surface area contributed by atoms with Crippen molar-refractivity contribution < 1.29 is 13.2 Å². The molecule has 0 fully saturated rings. The van der Waals surface area contributed by atoms with Crippen LogP contribution in [-0.4, -0.2) is 4.98 Å². The summed E-state index contributed by atoms with van der Waals surface area (Å²) in [5.74, 6) is -4.17. The maximum Gasteiger partial charge on any atom is 0.273 e. The molecule has 116 valence electrons. The Labute approximate surface area is 132 Å². The number of alkyl halides is 2. The van der Waals surface area contributed by atoms with E-state index in [0.29, 0.717) is 23.2 Å². The van der Waals surface area contributed by atoms with Crippen LogP contribution in [0.25, 0.3) is 16.2 Å². The quantitative estimate of drug-likeness (QED) is 0.684. The summed E-state index contributed by atoms with van der Waals surface area (Å²) in [4.78, 5) is 4.20. The minimum Gasteiger partial charge on any atom is -0.254 e. The van der Waals surface area contributed by atoms with Crippen LogP contribution >= 0.6 is 11.6 Å². The smallest absolute Gasteiger partial charge is 0.254 e. The van der Waals surface area contributed by atoms with Crippen molar-refractivity contribution in [1.29, 1.82) is 0 Å². The molecular weight excluding hydrogens is 311 g/mol. The number of allylic oxidation sites excluding steroid dienone is 1. The van der Waals surface area contributed by atoms with E-state index in [-0.39, 0.29) is 5.56 Å². The largest absolute Gasteiger partial charge is 0.273 e. The van der Waals surface area contributed by atoms with E-state index < -0.39 is 17.3 Å². The molecule has 0 saturated carbocycles. The van der Waals surface area contributed by atoms with Crippen LogP contribution < -0.4 is 0 Å². The molecule has 5 heteroatoms. The second kappa shape index (κ2) is 6.13. The van der Waals surface area contributed by atoms with Crippen LogP contribution in [0.5, 0.6) is 0 Å². The van der Waals surface area contributed by atoms with Gasteiger partial charge in [-0.1, -0.05) is 35.9 Å². The van der Waals surface area contributed by atoms with Crippen molar-refractivity contribution in [3.63, 3.8) is 0 Å². The van der Waals surface area contributed by atoms with Crippen LogP contribution in [0.4, 0.5) is 13.2 Å². The Morgan fingerprint density at radius 1 is 1.32 bits per heavy atom. The van der Waals surface area contributed by atoms with Gasteiger partial charge in [0.05, 0.1) is 16.3 Å². The second-order valence-corrected chi connectivity index (χ2v) is 5.49. The first-order valence-corrected chi connectivity index (χ1v) is 7.09. The molecule has 2 aromatic rings. The molecule has 1 heterocycles. The zero-order chi connectivity index (χ0) is 16.5. The van der Waals surface area contributed by atoms with Crippen LogP contribution in [0, 0.1) is 12.7 Å². The van der Waals surface area contributed by atoms with Crippen LogP contribution in [0.15, 0.2) is 36.5 Å². The summed E-state index contributed by atoms with van der Waals surface area (Å²) in [6.07, 6.45) is 3.14. The minimum absolute atomic E-state index is 0.0952. The summed E-state index contributed by atoms with van der Waals surface area (Å²) in [6.45, 7) is 4.24. The highest BCUT2D eigenvalue weighted by Crippen LogP contribution is 2.34. The molecular formula is C17H15ClF3N. The summed E-state index contributed by atoms with van der Waals surface area (Å²) >= 11 is 6.04. The Kier molecular flexibility index (Phi) is 4.61. The second-order valence-electron chi connectivity index (χ2n) is 5.08. The maximum atomic E-state index is 14.4. The molecule has 0 aliphatic rings. The van der Waals surface area contributed by atoms with Crippen molar-refractivity contribution in [3.05, 3.63) is 59.2 Å². The Morgan fingerprint density at radius 2 is 2.00 bits per heavy atom. The van der Waals surface area contributed by atoms with E-state index in [1.165, 1.54) is 18.3 Å². The van der Waals surface area contributed by atoms with Crippen molar-refractivity contribution in [1.82, 2.24) is 4.98 Å². The first-order valence-electron chi connectivity index (χ1n) is 6.71. The monoisotopic (exact) mass is 325 g/mol. The van der Waals surface area contributed by atoms with E-state index in [4.69, 9.17) is 11.6 Å². The number of halogens is 4. The van der Waals surface area contributed by atoms with E-state index in [2.05, 4.69) is 4.98 Å². The average molecular weight is 326 g/mol. The standard InChI is InChI=1S/C17H15ClF3N/c1-4-14(18)16-10(2)8-11(9-22-16)12-6-5-7-13(15(12)19)17(3,20)21/h4-9H,1-3H3/b14-4+. The molecule has 1 aromatic carbocycles. The van der Waals surface area contributed by atoms with Crippen molar-refractivity contribution in [2.45, 2.75) is 26.7 Å². The Balaban J connectivity index is 2.57. The molecule has 0 radical (unpaired) electrons. The fraction of sp³-hybridized carbons (Fsp3) is 0.235. The van der Waals surface area contributed by atoms with Crippen molar-refractivity contribution >= 4 is 16.6 Å². The molecule has 0 unspecified atom stereocenters. The fourth-order valence-corrected chi connectivity index (χ4v) is 2.40. The van der Waals surface area contributed by atoms with E-state index in [1.54, 1.807) is 26.0 Å². The van der Waals surface area contributed by atoms with Gasteiger partial charge in [-0.05, 0) is 25.5 Å². The lowest BCUT2D eigenvalue weighted by atomic mass is 9.99. The molecule has 1 aromatic heterocycles. The molecule has 1 nitrogen and oxygen atoms in total. The third-order valence-electron chi connectivity index (χ3n) is 3.34. The normalized spacial score (nSPS) is 12.6. The lowest BCUT2D eigenvalue weighted by Gasteiger charge is -2.14. The Morgan fingerprint density at radius 3 is 2.55 bits per heavy atom. The minimum atomic E-state index is -3.24. The highest BCUT2D eigenvalue weighted by Gasteiger charge is 2.29. The molecule has 0 aliphatic heterocycles. The number of rotatable bonds is 3. The van der Waals surface area contributed by atoms with Gasteiger partial charge in [-0.2, -0.15) is 0 Å². The predicted octanol–water partition coefficient (Wildman–Crippen LogP) is 5.91. The molecule has 0 atom stereocenters. The van der Waals surface area contributed by atoms with Gasteiger partial charge in [0.25, 0.3) is 5.92 Å². The fourth-order valence-electron chi connectivity index (χ4n) is 2.20. The van der Waals surface area contributed by atoms with E-state index in [1.807, 2.05) is 0 Å². The molecule has 0 amide bonds. The summed E-state index contributed by atoms with van der Waals surface area (Å²) in [6, 6.07) is 5.64. The van der Waals surface area contributed by atoms with E-state index in [0.717, 1.165) is 11.6 Å². The Bertz CT molecular complexity index is 733. The summed E-state index contributed by atoms with van der Waals surface area (Å²) in [5, 5.41) is 0.485. The zero-order valence-corrected chi connectivity index (χ0v) is 13.2. The van der Waals surface area contributed by atoms with Gasteiger partial charge in [0.1, 0.15) is 5.82 Å². The molecule has 0 aliphatic carbocycles. The highest BCUT2D eigenvalue weighted by molar-refractivity contribution is 6.48. The van der Waals surface area contributed by atoms with Gasteiger partial charge in [-0.25, -0.2) is 13.2 Å². The highest BCUT2D eigenvalue weighted by atomic mass is 35.5. The van der Waals surface area contributed by atoms with Crippen LogP contribution in [0.2, 0.25) is 0 Å².